The first-order chi connectivity index (χ1) is 22.0. The number of amides is 2. The molecule has 4 aromatic carbocycles. The third-order valence-corrected chi connectivity index (χ3v) is 9.96. The Balaban J connectivity index is 1.72. The van der Waals surface area contributed by atoms with Gasteiger partial charge in [0, 0.05) is 12.6 Å². The van der Waals surface area contributed by atoms with Crippen LogP contribution in [0.3, 0.4) is 0 Å². The van der Waals surface area contributed by atoms with Crippen molar-refractivity contribution < 1.29 is 22.7 Å². The minimum Gasteiger partial charge on any atom is -0.457 e. The Morgan fingerprint density at radius 2 is 1.41 bits per heavy atom. The van der Waals surface area contributed by atoms with Gasteiger partial charge in [0.15, 0.2) is 0 Å². The molecule has 0 saturated carbocycles. The van der Waals surface area contributed by atoms with Crippen LogP contribution in [-0.2, 0) is 26.2 Å². The summed E-state index contributed by atoms with van der Waals surface area (Å²) in [5.41, 5.74) is 0.890. The molecule has 4 rings (SSSR count). The van der Waals surface area contributed by atoms with E-state index in [0.717, 1.165) is 4.31 Å². The molecule has 4 aromatic rings. The molecule has 0 saturated heterocycles. The van der Waals surface area contributed by atoms with Crippen molar-refractivity contribution in [3.05, 3.63) is 119 Å². The number of benzene rings is 4. The number of hydrogen-bond donors (Lipinski definition) is 1. The van der Waals surface area contributed by atoms with Gasteiger partial charge in [-0.25, -0.2) is 8.42 Å². The Kier molecular flexibility index (Phi) is 12.1. The SMILES string of the molecule is CC[C@@H](C)NC(=O)[C@H](CC)N(Cc1ccc(Cl)c(Cl)c1)C(=O)CN(c1ccc(Oc2ccccc2)cc1)S(=O)(=O)c1ccccc1. The maximum absolute atomic E-state index is 14.3. The average molecular weight is 683 g/mol. The molecule has 0 fully saturated rings. The average Bonchev–Trinajstić information content (AvgIpc) is 3.06. The van der Waals surface area contributed by atoms with Gasteiger partial charge >= 0.3 is 0 Å². The first-order valence-electron chi connectivity index (χ1n) is 15.0. The highest BCUT2D eigenvalue weighted by molar-refractivity contribution is 7.92. The molecule has 8 nitrogen and oxygen atoms in total. The fourth-order valence-electron chi connectivity index (χ4n) is 4.75. The normalized spacial score (nSPS) is 12.5. The molecule has 2 amide bonds. The Morgan fingerprint density at radius 1 is 0.804 bits per heavy atom. The second-order valence-corrected chi connectivity index (χ2v) is 13.4. The predicted octanol–water partition coefficient (Wildman–Crippen LogP) is 7.70. The van der Waals surface area contributed by atoms with Crippen molar-refractivity contribution in [2.75, 3.05) is 10.8 Å². The number of halogens is 2. The predicted molar refractivity (Wildman–Crippen MR) is 183 cm³/mol. The Hall–Kier alpha value is -4.05. The quantitative estimate of drug-likeness (QED) is 0.147. The monoisotopic (exact) mass is 681 g/mol. The molecule has 0 aliphatic heterocycles. The van der Waals surface area contributed by atoms with E-state index in [-0.39, 0.29) is 29.1 Å². The van der Waals surface area contributed by atoms with Crippen molar-refractivity contribution in [3.8, 4) is 11.5 Å². The summed E-state index contributed by atoms with van der Waals surface area (Å²) in [6.07, 6.45) is 1.00. The van der Waals surface area contributed by atoms with Gasteiger partial charge < -0.3 is 15.0 Å². The van der Waals surface area contributed by atoms with E-state index in [9.17, 15) is 18.0 Å². The van der Waals surface area contributed by atoms with Crippen LogP contribution in [0.4, 0.5) is 5.69 Å². The van der Waals surface area contributed by atoms with Crippen LogP contribution in [0.1, 0.15) is 39.2 Å². The van der Waals surface area contributed by atoms with E-state index in [1.807, 2.05) is 44.2 Å². The largest absolute Gasteiger partial charge is 0.457 e. The number of rotatable bonds is 14. The Labute approximate surface area is 280 Å². The highest BCUT2D eigenvalue weighted by Crippen LogP contribution is 2.29. The molecule has 1 N–H and O–H groups in total. The number of para-hydroxylation sites is 1. The summed E-state index contributed by atoms with van der Waals surface area (Å²) in [5, 5.41) is 3.62. The van der Waals surface area contributed by atoms with Gasteiger partial charge in [-0.05, 0) is 86.0 Å². The number of anilines is 1. The number of ether oxygens (including phenoxy) is 1. The van der Waals surface area contributed by atoms with Gasteiger partial charge in [-0.1, -0.05) is 79.5 Å². The second-order valence-electron chi connectivity index (χ2n) is 10.7. The van der Waals surface area contributed by atoms with E-state index in [1.165, 1.54) is 17.0 Å². The van der Waals surface area contributed by atoms with Crippen molar-refractivity contribution >= 4 is 50.7 Å². The van der Waals surface area contributed by atoms with Crippen LogP contribution < -0.4 is 14.4 Å². The second kappa shape index (κ2) is 16.0. The highest BCUT2D eigenvalue weighted by atomic mass is 35.5. The van der Waals surface area contributed by atoms with Crippen LogP contribution in [0.25, 0.3) is 0 Å². The van der Waals surface area contributed by atoms with Gasteiger partial charge in [-0.15, -0.1) is 0 Å². The maximum atomic E-state index is 14.3. The molecule has 0 bridgehead atoms. The summed E-state index contributed by atoms with van der Waals surface area (Å²) in [5.74, 6) is 0.220. The van der Waals surface area contributed by atoms with Crippen molar-refractivity contribution in [1.82, 2.24) is 10.2 Å². The van der Waals surface area contributed by atoms with Crippen LogP contribution in [0.2, 0.25) is 10.0 Å². The van der Waals surface area contributed by atoms with Gasteiger partial charge in [0.1, 0.15) is 24.1 Å². The van der Waals surface area contributed by atoms with E-state index in [2.05, 4.69) is 5.32 Å². The zero-order chi connectivity index (χ0) is 33.3. The lowest BCUT2D eigenvalue weighted by atomic mass is 10.1. The Morgan fingerprint density at radius 3 is 2.00 bits per heavy atom. The van der Waals surface area contributed by atoms with E-state index in [1.54, 1.807) is 67.6 Å². The third kappa shape index (κ3) is 8.81. The number of nitrogens with zero attached hydrogens (tertiary/aromatic N) is 2. The van der Waals surface area contributed by atoms with E-state index in [0.29, 0.717) is 39.9 Å². The molecule has 0 heterocycles. The topological polar surface area (TPSA) is 96.0 Å². The molecular weight excluding hydrogens is 645 g/mol. The van der Waals surface area contributed by atoms with E-state index >= 15 is 0 Å². The number of hydrogen-bond acceptors (Lipinski definition) is 5. The molecule has 11 heteroatoms. The molecule has 46 heavy (non-hydrogen) atoms. The van der Waals surface area contributed by atoms with Crippen molar-refractivity contribution in [3.63, 3.8) is 0 Å². The minimum absolute atomic E-state index is 0.00519. The van der Waals surface area contributed by atoms with Crippen LogP contribution in [-0.4, -0.2) is 43.8 Å². The summed E-state index contributed by atoms with van der Waals surface area (Å²) in [7, 11) is -4.21. The zero-order valence-corrected chi connectivity index (χ0v) is 28.2. The van der Waals surface area contributed by atoms with Crippen LogP contribution in [0.5, 0.6) is 11.5 Å². The molecule has 0 aromatic heterocycles. The fraction of sp³-hybridized carbons (Fsp3) is 0.257. The Bertz CT molecular complexity index is 1720. The molecule has 0 radical (unpaired) electrons. The first kappa shape index (κ1) is 34.8. The number of sulfonamides is 1. The summed E-state index contributed by atoms with van der Waals surface area (Å²) >= 11 is 12.4. The first-order valence-corrected chi connectivity index (χ1v) is 17.2. The summed E-state index contributed by atoms with van der Waals surface area (Å²) in [6.45, 7) is 5.08. The number of carbonyl (C=O) groups excluding carboxylic acids is 2. The van der Waals surface area contributed by atoms with Gasteiger partial charge in [0.05, 0.1) is 20.6 Å². The summed E-state index contributed by atoms with van der Waals surface area (Å²) in [4.78, 5) is 29.2. The summed E-state index contributed by atoms with van der Waals surface area (Å²) in [6, 6.07) is 27.5. The van der Waals surface area contributed by atoms with Gasteiger partial charge in [0.2, 0.25) is 11.8 Å². The van der Waals surface area contributed by atoms with Crippen LogP contribution in [0.15, 0.2) is 108 Å². The van der Waals surface area contributed by atoms with Gasteiger partial charge in [0.25, 0.3) is 10.0 Å². The lowest BCUT2D eigenvalue weighted by molar-refractivity contribution is -0.140. The van der Waals surface area contributed by atoms with E-state index < -0.39 is 28.5 Å². The molecule has 0 aliphatic carbocycles. The molecule has 0 spiro atoms. The van der Waals surface area contributed by atoms with Gasteiger partial charge in [-0.2, -0.15) is 0 Å². The van der Waals surface area contributed by atoms with E-state index in [4.69, 9.17) is 27.9 Å². The smallest absolute Gasteiger partial charge is 0.264 e. The summed E-state index contributed by atoms with van der Waals surface area (Å²) < 4.78 is 35.1. The van der Waals surface area contributed by atoms with Crippen LogP contribution in [0, 0.1) is 0 Å². The maximum Gasteiger partial charge on any atom is 0.264 e. The molecule has 0 aliphatic rings. The third-order valence-electron chi connectivity index (χ3n) is 7.44. The van der Waals surface area contributed by atoms with Crippen LogP contribution >= 0.6 is 23.2 Å². The molecule has 0 unspecified atom stereocenters. The zero-order valence-electron chi connectivity index (χ0n) is 25.9. The van der Waals surface area contributed by atoms with Crippen molar-refractivity contribution in [2.45, 2.75) is 57.1 Å². The van der Waals surface area contributed by atoms with Crippen molar-refractivity contribution in [2.24, 2.45) is 0 Å². The highest BCUT2D eigenvalue weighted by Gasteiger charge is 2.34. The molecule has 2 atom stereocenters. The number of nitrogens with one attached hydrogen (secondary N) is 1. The van der Waals surface area contributed by atoms with Gasteiger partial charge in [-0.3, -0.25) is 13.9 Å². The molecule has 242 valence electrons. The van der Waals surface area contributed by atoms with Crippen molar-refractivity contribution in [1.29, 1.82) is 0 Å². The number of carbonyl (C=O) groups is 2. The lowest BCUT2D eigenvalue weighted by Gasteiger charge is -2.33. The molecular formula is C35H37Cl2N3O5S. The minimum atomic E-state index is -4.21. The standard InChI is InChI=1S/C35H37Cl2N3O5S/c1-4-25(3)38-35(42)33(5-2)39(23-26-16-21-31(36)32(37)22-26)34(41)24-40(46(43,44)30-14-10-7-11-15-30)27-17-19-29(20-18-27)45-28-12-8-6-9-13-28/h6-22,25,33H,4-5,23-24H2,1-3H3,(H,38,42)/t25-,33+/m1/s1. The fourth-order valence-corrected chi connectivity index (χ4v) is 6.50. The lowest BCUT2D eigenvalue weighted by Crippen LogP contribution is -2.53.